The third-order valence-electron chi connectivity index (χ3n) is 1.27. The van der Waals surface area contributed by atoms with Crippen LogP contribution in [0.5, 0.6) is 0 Å². The topological polar surface area (TPSA) is 61.9 Å². The zero-order valence-electron chi connectivity index (χ0n) is 5.13. The Hall–Kier alpha value is -0.770. The fourth-order valence-electron chi connectivity index (χ4n) is 0.632. The summed E-state index contributed by atoms with van der Waals surface area (Å²) in [5.74, 6) is 0. The van der Waals surface area contributed by atoms with Crippen LogP contribution in [0.2, 0.25) is 0 Å². The Morgan fingerprint density at radius 2 is 2.56 bits per heavy atom. The number of epoxide rings is 1. The Bertz CT molecular complexity index is 121. The molecule has 1 amide bonds. The van der Waals surface area contributed by atoms with Crippen LogP contribution in [0.15, 0.2) is 0 Å². The number of nitrogens with one attached hydrogen (secondary N) is 1. The number of rotatable bonds is 2. The van der Waals surface area contributed by atoms with E-state index in [0.717, 1.165) is 0 Å². The maximum atomic E-state index is 9.98. The zero-order chi connectivity index (χ0) is 6.85. The molecule has 0 bridgehead atoms. The largest absolute Gasteiger partial charge is 0.465 e. The van der Waals surface area contributed by atoms with Gasteiger partial charge in [0.25, 0.3) is 0 Å². The predicted molar refractivity (Wildman–Crippen MR) is 30.4 cm³/mol. The van der Waals surface area contributed by atoms with E-state index in [1.807, 2.05) is 0 Å². The maximum Gasteiger partial charge on any atom is 0.404 e. The SMILES string of the molecule is C[C@@H](NC(=O)O)[C@@H]1CO1. The lowest BCUT2D eigenvalue weighted by Crippen LogP contribution is -2.35. The van der Waals surface area contributed by atoms with Gasteiger partial charge in [-0.15, -0.1) is 0 Å². The molecule has 1 rings (SSSR count). The molecule has 1 fully saturated rings. The summed E-state index contributed by atoms with van der Waals surface area (Å²) in [5.41, 5.74) is 0. The van der Waals surface area contributed by atoms with Gasteiger partial charge in [0.05, 0.1) is 12.6 Å². The van der Waals surface area contributed by atoms with E-state index in [9.17, 15) is 4.79 Å². The van der Waals surface area contributed by atoms with Gasteiger partial charge in [0, 0.05) is 0 Å². The van der Waals surface area contributed by atoms with Crippen LogP contribution in [-0.2, 0) is 4.74 Å². The molecule has 0 unspecified atom stereocenters. The molecule has 1 heterocycles. The van der Waals surface area contributed by atoms with Gasteiger partial charge in [0.2, 0.25) is 0 Å². The molecule has 0 spiro atoms. The van der Waals surface area contributed by atoms with Crippen LogP contribution in [0, 0.1) is 0 Å². The number of carbonyl (C=O) groups is 1. The molecule has 0 radical (unpaired) electrons. The fraction of sp³-hybridized carbons (Fsp3) is 0.800. The van der Waals surface area contributed by atoms with E-state index in [1.54, 1.807) is 6.92 Å². The first-order chi connectivity index (χ1) is 4.20. The Kier molecular flexibility index (Phi) is 1.57. The molecule has 2 atom stereocenters. The Morgan fingerprint density at radius 1 is 2.00 bits per heavy atom. The van der Waals surface area contributed by atoms with Gasteiger partial charge in [0.15, 0.2) is 0 Å². The summed E-state index contributed by atoms with van der Waals surface area (Å²) in [6, 6.07) is -0.0671. The maximum absolute atomic E-state index is 9.98. The molecular formula is C5H9NO3. The van der Waals surface area contributed by atoms with Crippen molar-refractivity contribution in [3.05, 3.63) is 0 Å². The molecule has 1 aliphatic heterocycles. The summed E-state index contributed by atoms with van der Waals surface area (Å²) in [7, 11) is 0. The second-order valence-corrected chi connectivity index (χ2v) is 2.11. The first-order valence-corrected chi connectivity index (χ1v) is 2.81. The smallest absolute Gasteiger partial charge is 0.404 e. The van der Waals surface area contributed by atoms with E-state index in [0.29, 0.717) is 6.61 Å². The first kappa shape index (κ1) is 6.35. The molecule has 52 valence electrons. The summed E-state index contributed by atoms with van der Waals surface area (Å²) in [6.07, 6.45) is -0.876. The van der Waals surface area contributed by atoms with Crippen molar-refractivity contribution >= 4 is 6.09 Å². The van der Waals surface area contributed by atoms with Crippen LogP contribution in [0.4, 0.5) is 4.79 Å². The highest BCUT2D eigenvalue weighted by Crippen LogP contribution is 2.12. The van der Waals surface area contributed by atoms with Gasteiger partial charge >= 0.3 is 6.09 Å². The summed E-state index contributed by atoms with van der Waals surface area (Å²) in [5, 5.41) is 10.5. The van der Waals surface area contributed by atoms with Crippen LogP contribution in [0.25, 0.3) is 0 Å². The molecule has 0 aromatic heterocycles. The van der Waals surface area contributed by atoms with Gasteiger partial charge in [-0.1, -0.05) is 0 Å². The lowest BCUT2D eigenvalue weighted by molar-refractivity contribution is 0.187. The van der Waals surface area contributed by atoms with Crippen molar-refractivity contribution in [2.24, 2.45) is 0 Å². The summed E-state index contributed by atoms with van der Waals surface area (Å²) >= 11 is 0. The minimum atomic E-state index is -0.988. The van der Waals surface area contributed by atoms with Crippen molar-refractivity contribution in [1.29, 1.82) is 0 Å². The van der Waals surface area contributed by atoms with Gasteiger partial charge < -0.3 is 15.2 Å². The Labute approximate surface area is 52.8 Å². The fourth-order valence-corrected chi connectivity index (χ4v) is 0.632. The minimum absolute atomic E-state index is 0.0671. The summed E-state index contributed by atoms with van der Waals surface area (Å²) in [6.45, 7) is 2.47. The van der Waals surface area contributed by atoms with Crippen molar-refractivity contribution in [3.63, 3.8) is 0 Å². The quantitative estimate of drug-likeness (QED) is 0.520. The number of amides is 1. The van der Waals surface area contributed by atoms with E-state index in [-0.39, 0.29) is 12.1 Å². The number of hydrogen-bond donors (Lipinski definition) is 2. The zero-order valence-corrected chi connectivity index (χ0v) is 5.13. The molecule has 9 heavy (non-hydrogen) atoms. The number of carboxylic acid groups (broad SMARTS) is 1. The molecular weight excluding hydrogens is 122 g/mol. The lowest BCUT2D eigenvalue weighted by Gasteiger charge is -2.05. The van der Waals surface area contributed by atoms with Gasteiger partial charge in [-0.2, -0.15) is 0 Å². The van der Waals surface area contributed by atoms with E-state index < -0.39 is 6.09 Å². The number of hydrogen-bond acceptors (Lipinski definition) is 2. The van der Waals surface area contributed by atoms with E-state index in [1.165, 1.54) is 0 Å². The van der Waals surface area contributed by atoms with Gasteiger partial charge in [-0.3, -0.25) is 0 Å². The van der Waals surface area contributed by atoms with Crippen molar-refractivity contribution in [2.45, 2.75) is 19.1 Å². The van der Waals surface area contributed by atoms with Crippen LogP contribution in [-0.4, -0.2) is 30.0 Å². The molecule has 4 nitrogen and oxygen atoms in total. The molecule has 0 saturated carbocycles. The van der Waals surface area contributed by atoms with Gasteiger partial charge in [0.1, 0.15) is 6.10 Å². The van der Waals surface area contributed by atoms with Crippen LogP contribution in [0.1, 0.15) is 6.92 Å². The lowest BCUT2D eigenvalue weighted by atomic mass is 10.3. The van der Waals surface area contributed by atoms with Gasteiger partial charge in [-0.25, -0.2) is 4.79 Å². The average molecular weight is 131 g/mol. The third-order valence-corrected chi connectivity index (χ3v) is 1.27. The number of ether oxygens (including phenoxy) is 1. The standard InChI is InChI=1S/C5H9NO3/c1-3(4-2-9-4)6-5(7)8/h3-4,6H,2H2,1H3,(H,7,8)/t3-,4+/m1/s1. The van der Waals surface area contributed by atoms with E-state index in [4.69, 9.17) is 9.84 Å². The van der Waals surface area contributed by atoms with Crippen LogP contribution in [0.3, 0.4) is 0 Å². The average Bonchev–Trinajstić information content (AvgIpc) is 2.40. The van der Waals surface area contributed by atoms with Crippen LogP contribution < -0.4 is 5.32 Å². The third kappa shape index (κ3) is 1.89. The van der Waals surface area contributed by atoms with Crippen molar-refractivity contribution < 1.29 is 14.6 Å². The predicted octanol–water partition coefficient (Wildman–Crippen LogP) is 0.0413. The van der Waals surface area contributed by atoms with Crippen molar-refractivity contribution in [1.82, 2.24) is 5.32 Å². The first-order valence-electron chi connectivity index (χ1n) is 2.81. The normalized spacial score (nSPS) is 27.0. The second-order valence-electron chi connectivity index (χ2n) is 2.11. The minimum Gasteiger partial charge on any atom is -0.465 e. The second kappa shape index (κ2) is 2.23. The molecule has 4 heteroatoms. The Morgan fingerprint density at radius 3 is 2.89 bits per heavy atom. The molecule has 0 aromatic rings. The molecule has 0 aromatic carbocycles. The Balaban J connectivity index is 2.17. The molecule has 2 N–H and O–H groups in total. The highest BCUT2D eigenvalue weighted by Gasteiger charge is 2.30. The van der Waals surface area contributed by atoms with Gasteiger partial charge in [-0.05, 0) is 6.92 Å². The van der Waals surface area contributed by atoms with Crippen molar-refractivity contribution in [3.8, 4) is 0 Å². The highest BCUT2D eigenvalue weighted by molar-refractivity contribution is 5.64. The van der Waals surface area contributed by atoms with E-state index in [2.05, 4.69) is 5.32 Å². The highest BCUT2D eigenvalue weighted by atomic mass is 16.6. The monoisotopic (exact) mass is 131 g/mol. The molecule has 0 aliphatic carbocycles. The van der Waals surface area contributed by atoms with Crippen LogP contribution >= 0.6 is 0 Å². The summed E-state index contributed by atoms with van der Waals surface area (Å²) in [4.78, 5) is 9.98. The molecule has 1 aliphatic rings. The van der Waals surface area contributed by atoms with Crippen molar-refractivity contribution in [2.75, 3.05) is 6.61 Å². The molecule has 1 saturated heterocycles. The summed E-state index contributed by atoms with van der Waals surface area (Å²) < 4.78 is 4.85. The van der Waals surface area contributed by atoms with E-state index >= 15 is 0 Å².